The molecule has 0 spiro atoms. The highest BCUT2D eigenvalue weighted by Crippen LogP contribution is 2.08. The predicted octanol–water partition coefficient (Wildman–Crippen LogP) is 1.92. The highest BCUT2D eigenvalue weighted by atomic mass is 16.5. The number of amides is 1. The SMILES string of the molecule is CN=C(NCCCOC)NCc1cccc(C(=O)NC(C)(C)C)c1. The Hall–Kier alpha value is -2.08. The topological polar surface area (TPSA) is 74.8 Å². The average Bonchev–Trinajstić information content (AvgIpc) is 2.53. The van der Waals surface area contributed by atoms with Crippen molar-refractivity contribution < 1.29 is 9.53 Å². The summed E-state index contributed by atoms with van der Waals surface area (Å²) >= 11 is 0. The molecule has 0 aromatic heterocycles. The molecule has 0 bridgehead atoms. The van der Waals surface area contributed by atoms with E-state index in [9.17, 15) is 4.79 Å². The highest BCUT2D eigenvalue weighted by Gasteiger charge is 2.15. The molecule has 1 aromatic rings. The summed E-state index contributed by atoms with van der Waals surface area (Å²) < 4.78 is 5.02. The summed E-state index contributed by atoms with van der Waals surface area (Å²) in [5, 5.41) is 9.44. The van der Waals surface area contributed by atoms with Crippen molar-refractivity contribution in [3.05, 3.63) is 35.4 Å². The second-order valence-corrected chi connectivity index (χ2v) is 6.60. The molecule has 0 aliphatic carbocycles. The molecule has 1 aromatic carbocycles. The van der Waals surface area contributed by atoms with Crippen LogP contribution in [-0.4, -0.2) is 44.7 Å². The van der Waals surface area contributed by atoms with Crippen molar-refractivity contribution in [3.63, 3.8) is 0 Å². The Morgan fingerprint density at radius 1 is 1.25 bits per heavy atom. The van der Waals surface area contributed by atoms with Crippen molar-refractivity contribution >= 4 is 11.9 Å². The van der Waals surface area contributed by atoms with E-state index in [0.717, 1.165) is 31.1 Å². The minimum Gasteiger partial charge on any atom is -0.385 e. The van der Waals surface area contributed by atoms with E-state index in [0.29, 0.717) is 12.1 Å². The number of carbonyl (C=O) groups is 1. The molecule has 0 saturated carbocycles. The number of hydrogen-bond donors (Lipinski definition) is 3. The van der Waals surface area contributed by atoms with E-state index in [1.807, 2.05) is 45.0 Å². The molecule has 0 radical (unpaired) electrons. The number of rotatable bonds is 7. The predicted molar refractivity (Wildman–Crippen MR) is 98.4 cm³/mol. The van der Waals surface area contributed by atoms with Crippen LogP contribution in [-0.2, 0) is 11.3 Å². The van der Waals surface area contributed by atoms with Crippen LogP contribution >= 0.6 is 0 Å². The molecule has 0 aliphatic rings. The van der Waals surface area contributed by atoms with Gasteiger partial charge < -0.3 is 20.7 Å². The summed E-state index contributed by atoms with van der Waals surface area (Å²) in [6.45, 7) is 8.01. The molecule has 0 unspecified atom stereocenters. The Balaban J connectivity index is 2.56. The van der Waals surface area contributed by atoms with Gasteiger partial charge in [-0.2, -0.15) is 0 Å². The number of hydrogen-bond acceptors (Lipinski definition) is 3. The van der Waals surface area contributed by atoms with Crippen LogP contribution in [0.2, 0.25) is 0 Å². The van der Waals surface area contributed by atoms with Crippen LogP contribution in [0.25, 0.3) is 0 Å². The summed E-state index contributed by atoms with van der Waals surface area (Å²) in [5.74, 6) is 0.669. The van der Waals surface area contributed by atoms with E-state index < -0.39 is 0 Å². The van der Waals surface area contributed by atoms with E-state index in [-0.39, 0.29) is 11.4 Å². The first-order valence-corrected chi connectivity index (χ1v) is 8.20. The lowest BCUT2D eigenvalue weighted by molar-refractivity contribution is 0.0919. The molecule has 0 heterocycles. The van der Waals surface area contributed by atoms with Crippen LogP contribution in [0.3, 0.4) is 0 Å². The lowest BCUT2D eigenvalue weighted by atomic mass is 10.1. The van der Waals surface area contributed by atoms with Crippen molar-refractivity contribution in [1.82, 2.24) is 16.0 Å². The lowest BCUT2D eigenvalue weighted by Crippen LogP contribution is -2.40. The maximum Gasteiger partial charge on any atom is 0.251 e. The van der Waals surface area contributed by atoms with Crippen molar-refractivity contribution in [1.29, 1.82) is 0 Å². The van der Waals surface area contributed by atoms with Gasteiger partial charge in [-0.3, -0.25) is 9.79 Å². The van der Waals surface area contributed by atoms with Gasteiger partial charge in [0.05, 0.1) is 0 Å². The molecule has 1 amide bonds. The van der Waals surface area contributed by atoms with Crippen LogP contribution in [0.5, 0.6) is 0 Å². The molecular formula is C18H30N4O2. The molecule has 6 nitrogen and oxygen atoms in total. The highest BCUT2D eigenvalue weighted by molar-refractivity contribution is 5.94. The third kappa shape index (κ3) is 7.97. The first-order valence-electron chi connectivity index (χ1n) is 8.20. The fourth-order valence-corrected chi connectivity index (χ4v) is 2.06. The summed E-state index contributed by atoms with van der Waals surface area (Å²) in [6, 6.07) is 7.59. The van der Waals surface area contributed by atoms with Crippen molar-refractivity contribution in [2.45, 2.75) is 39.3 Å². The maximum absolute atomic E-state index is 12.2. The molecule has 0 fully saturated rings. The van der Waals surface area contributed by atoms with Gasteiger partial charge in [0.15, 0.2) is 5.96 Å². The Morgan fingerprint density at radius 3 is 2.62 bits per heavy atom. The zero-order chi connectivity index (χ0) is 18.0. The third-order valence-electron chi connectivity index (χ3n) is 3.18. The smallest absolute Gasteiger partial charge is 0.251 e. The van der Waals surface area contributed by atoms with Crippen LogP contribution in [0.15, 0.2) is 29.3 Å². The molecule has 0 saturated heterocycles. The van der Waals surface area contributed by atoms with E-state index in [2.05, 4.69) is 20.9 Å². The molecule has 3 N–H and O–H groups in total. The van der Waals surface area contributed by atoms with Gasteiger partial charge in [-0.1, -0.05) is 12.1 Å². The Labute approximate surface area is 145 Å². The van der Waals surface area contributed by atoms with Gasteiger partial charge in [0.25, 0.3) is 5.91 Å². The Kier molecular flexibility index (Phi) is 8.26. The molecule has 0 atom stereocenters. The lowest BCUT2D eigenvalue weighted by Gasteiger charge is -2.20. The van der Waals surface area contributed by atoms with E-state index in [4.69, 9.17) is 4.74 Å². The first-order chi connectivity index (χ1) is 11.4. The second-order valence-electron chi connectivity index (χ2n) is 6.60. The summed E-state index contributed by atoms with van der Waals surface area (Å²) in [4.78, 5) is 16.4. The number of aliphatic imine (C=N–C) groups is 1. The third-order valence-corrected chi connectivity index (χ3v) is 3.18. The summed E-state index contributed by atoms with van der Waals surface area (Å²) in [6.07, 6.45) is 0.916. The Bertz CT molecular complexity index is 550. The molecule has 0 aliphatic heterocycles. The van der Waals surface area contributed by atoms with Crippen molar-refractivity contribution in [2.75, 3.05) is 27.3 Å². The normalized spacial score (nSPS) is 12.0. The van der Waals surface area contributed by atoms with Gasteiger partial charge >= 0.3 is 0 Å². The van der Waals surface area contributed by atoms with Gasteiger partial charge in [-0.15, -0.1) is 0 Å². The van der Waals surface area contributed by atoms with E-state index in [1.54, 1.807) is 14.2 Å². The molecule has 6 heteroatoms. The van der Waals surface area contributed by atoms with Gasteiger partial charge in [-0.25, -0.2) is 0 Å². The number of methoxy groups -OCH3 is 1. The van der Waals surface area contributed by atoms with Crippen LogP contribution in [0.1, 0.15) is 43.1 Å². The molecule has 1 rings (SSSR count). The summed E-state index contributed by atoms with van der Waals surface area (Å²) in [7, 11) is 3.43. The maximum atomic E-state index is 12.2. The number of ether oxygens (including phenoxy) is 1. The minimum absolute atomic E-state index is 0.0635. The van der Waals surface area contributed by atoms with Crippen molar-refractivity contribution in [2.24, 2.45) is 4.99 Å². The quantitative estimate of drug-likeness (QED) is 0.405. The second kappa shape index (κ2) is 9.93. The standard InChI is InChI=1S/C18H30N4O2/c1-18(2,3)22-16(23)15-9-6-8-14(12-15)13-21-17(19-4)20-10-7-11-24-5/h6,8-9,12H,7,10-11,13H2,1-5H3,(H,22,23)(H2,19,20,21). The zero-order valence-electron chi connectivity index (χ0n) is 15.4. The number of benzene rings is 1. The largest absolute Gasteiger partial charge is 0.385 e. The monoisotopic (exact) mass is 334 g/mol. The minimum atomic E-state index is -0.250. The molecule has 134 valence electrons. The number of nitrogens with one attached hydrogen (secondary N) is 3. The van der Waals surface area contributed by atoms with Crippen LogP contribution in [0.4, 0.5) is 0 Å². The fourth-order valence-electron chi connectivity index (χ4n) is 2.06. The number of guanidine groups is 1. The first kappa shape index (κ1) is 20.0. The van der Waals surface area contributed by atoms with Gasteiger partial charge in [0, 0.05) is 45.0 Å². The van der Waals surface area contributed by atoms with Gasteiger partial charge in [0.1, 0.15) is 0 Å². The van der Waals surface area contributed by atoms with Crippen molar-refractivity contribution in [3.8, 4) is 0 Å². The Morgan fingerprint density at radius 2 is 2.00 bits per heavy atom. The zero-order valence-corrected chi connectivity index (χ0v) is 15.4. The van der Waals surface area contributed by atoms with Crippen LogP contribution < -0.4 is 16.0 Å². The number of carbonyl (C=O) groups excluding carboxylic acids is 1. The molecule has 24 heavy (non-hydrogen) atoms. The average molecular weight is 334 g/mol. The van der Waals surface area contributed by atoms with E-state index >= 15 is 0 Å². The summed E-state index contributed by atoms with van der Waals surface area (Å²) in [5.41, 5.74) is 1.43. The fraction of sp³-hybridized carbons (Fsp3) is 0.556. The van der Waals surface area contributed by atoms with Gasteiger partial charge in [-0.05, 0) is 44.9 Å². The van der Waals surface area contributed by atoms with E-state index in [1.165, 1.54) is 0 Å². The number of nitrogens with zero attached hydrogens (tertiary/aromatic N) is 1. The molecular weight excluding hydrogens is 304 g/mol. The van der Waals surface area contributed by atoms with Crippen LogP contribution in [0, 0.1) is 0 Å². The van der Waals surface area contributed by atoms with Gasteiger partial charge in [0.2, 0.25) is 0 Å².